The summed E-state index contributed by atoms with van der Waals surface area (Å²) in [5.41, 5.74) is 17.9. The van der Waals surface area contributed by atoms with Crippen LogP contribution in [-0.4, -0.2) is 0 Å². The zero-order valence-corrected chi connectivity index (χ0v) is 22.2. The predicted molar refractivity (Wildman–Crippen MR) is 156 cm³/mol. The molecule has 0 atom stereocenters. The fourth-order valence-corrected chi connectivity index (χ4v) is 4.77. The summed E-state index contributed by atoms with van der Waals surface area (Å²) in [7, 11) is 0. The van der Waals surface area contributed by atoms with Gasteiger partial charge in [0.05, 0.1) is 5.56 Å². The van der Waals surface area contributed by atoms with E-state index in [-0.39, 0.29) is 11.3 Å². The molecule has 0 aliphatic rings. The first-order valence-corrected chi connectivity index (χ1v) is 12.8. The summed E-state index contributed by atoms with van der Waals surface area (Å²) in [6.45, 7) is 1.76. The van der Waals surface area contributed by atoms with Gasteiger partial charge >= 0.3 is 6.18 Å². The maximum Gasteiger partial charge on any atom is 0.416 e. The third-order valence-electron chi connectivity index (χ3n) is 6.98. The van der Waals surface area contributed by atoms with Gasteiger partial charge in [-0.3, -0.25) is 0 Å². The van der Waals surface area contributed by atoms with Crippen LogP contribution in [0.2, 0.25) is 0 Å². The molecule has 6 N–H and O–H groups in total. The van der Waals surface area contributed by atoms with E-state index in [2.05, 4.69) is 0 Å². The van der Waals surface area contributed by atoms with Crippen molar-refractivity contribution in [3.63, 3.8) is 0 Å². The van der Waals surface area contributed by atoms with Gasteiger partial charge in [-0.05, 0) is 109 Å². The first kappa shape index (κ1) is 27.5. The molecule has 0 amide bonds. The van der Waals surface area contributed by atoms with Gasteiger partial charge in [-0.2, -0.15) is 13.2 Å². The van der Waals surface area contributed by atoms with Crippen LogP contribution in [0.5, 0.6) is 23.0 Å². The number of rotatable bonds is 7. The first-order chi connectivity index (χ1) is 19.5. The highest BCUT2D eigenvalue weighted by atomic mass is 19.4. The molecule has 8 heteroatoms. The van der Waals surface area contributed by atoms with Gasteiger partial charge in [-0.1, -0.05) is 30.3 Å². The Bertz CT molecular complexity index is 1540. The quantitative estimate of drug-likeness (QED) is 0.138. The third kappa shape index (κ3) is 5.91. The second-order valence-electron chi connectivity index (χ2n) is 9.82. The van der Waals surface area contributed by atoms with Gasteiger partial charge in [0.2, 0.25) is 0 Å². The lowest BCUT2D eigenvalue weighted by atomic mass is 9.69. The van der Waals surface area contributed by atoms with Crippen molar-refractivity contribution in [1.29, 1.82) is 0 Å². The van der Waals surface area contributed by atoms with Crippen LogP contribution >= 0.6 is 0 Å². The highest BCUT2D eigenvalue weighted by molar-refractivity contribution is 5.58. The number of anilines is 3. The van der Waals surface area contributed by atoms with Crippen molar-refractivity contribution in [3.05, 3.63) is 138 Å². The number of benzene rings is 5. The van der Waals surface area contributed by atoms with Crippen molar-refractivity contribution in [3.8, 4) is 23.0 Å². The van der Waals surface area contributed by atoms with Crippen molar-refractivity contribution < 1.29 is 22.6 Å². The Morgan fingerprint density at radius 2 is 0.805 bits per heavy atom. The minimum absolute atomic E-state index is 0.0305. The number of ether oxygens (including phenoxy) is 2. The predicted octanol–water partition coefficient (Wildman–Crippen LogP) is 8.39. The second kappa shape index (κ2) is 10.8. The molecular formula is C33H28F3N3O2. The van der Waals surface area contributed by atoms with Crippen LogP contribution in [-0.2, 0) is 11.6 Å². The molecule has 5 aromatic carbocycles. The van der Waals surface area contributed by atoms with E-state index < -0.39 is 17.2 Å². The number of halogens is 3. The van der Waals surface area contributed by atoms with Gasteiger partial charge in [-0.25, -0.2) is 0 Å². The number of nitrogens with two attached hydrogens (primary N) is 3. The van der Waals surface area contributed by atoms with Crippen LogP contribution in [0, 0.1) is 0 Å². The van der Waals surface area contributed by atoms with Crippen LogP contribution in [0.1, 0.15) is 29.2 Å². The molecule has 41 heavy (non-hydrogen) atoms. The average molecular weight is 556 g/mol. The maximum absolute atomic E-state index is 14.3. The van der Waals surface area contributed by atoms with Crippen molar-refractivity contribution >= 4 is 17.1 Å². The molecule has 0 fully saturated rings. The zero-order chi connectivity index (χ0) is 29.2. The van der Waals surface area contributed by atoms with Crippen LogP contribution in [0.3, 0.4) is 0 Å². The summed E-state index contributed by atoms with van der Waals surface area (Å²) in [4.78, 5) is 0. The third-order valence-corrected chi connectivity index (χ3v) is 6.98. The molecule has 0 aliphatic heterocycles. The standard InChI is InChI=1S/C33H28F3N3O2/c1-32(30-19-10-25(39)20-31(30)33(34,35)36,21-2-11-26(12-3-21)40-28-15-6-23(37)7-16-28)22-4-13-27(14-5-22)41-29-17-8-24(38)9-18-29/h2-20H,37-39H2,1H3. The van der Waals surface area contributed by atoms with Gasteiger partial charge < -0.3 is 26.7 Å². The Hall–Kier alpha value is -5.11. The summed E-state index contributed by atoms with van der Waals surface area (Å²) in [5.74, 6) is 2.23. The average Bonchev–Trinajstić information content (AvgIpc) is 2.95. The van der Waals surface area contributed by atoms with Crippen molar-refractivity contribution in [2.45, 2.75) is 18.5 Å². The fraction of sp³-hybridized carbons (Fsp3) is 0.0909. The van der Waals surface area contributed by atoms with Gasteiger partial charge in [0.1, 0.15) is 23.0 Å². The van der Waals surface area contributed by atoms with Crippen LogP contribution in [0.25, 0.3) is 0 Å². The Morgan fingerprint density at radius 1 is 0.463 bits per heavy atom. The molecule has 5 rings (SSSR count). The number of alkyl halides is 3. The monoisotopic (exact) mass is 555 g/mol. The van der Waals surface area contributed by atoms with E-state index in [1.165, 1.54) is 12.1 Å². The first-order valence-electron chi connectivity index (χ1n) is 12.8. The molecule has 0 aliphatic carbocycles. The summed E-state index contributed by atoms with van der Waals surface area (Å²) in [5, 5.41) is 0. The Labute approximate surface area is 235 Å². The summed E-state index contributed by atoms with van der Waals surface area (Å²) < 4.78 is 54.9. The Kier molecular flexibility index (Phi) is 7.24. The molecule has 0 radical (unpaired) electrons. The zero-order valence-electron chi connectivity index (χ0n) is 22.2. The number of hydrogen-bond donors (Lipinski definition) is 3. The van der Waals surface area contributed by atoms with Crippen LogP contribution < -0.4 is 26.7 Å². The lowest BCUT2D eigenvalue weighted by molar-refractivity contribution is -0.138. The number of nitrogen functional groups attached to an aromatic ring is 3. The highest BCUT2D eigenvalue weighted by Gasteiger charge is 2.41. The van der Waals surface area contributed by atoms with E-state index in [9.17, 15) is 13.2 Å². The van der Waals surface area contributed by atoms with Gasteiger partial charge in [-0.15, -0.1) is 0 Å². The molecule has 0 spiro atoms. The fourth-order valence-electron chi connectivity index (χ4n) is 4.77. The van der Waals surface area contributed by atoms with E-state index >= 15 is 0 Å². The Morgan fingerprint density at radius 3 is 1.17 bits per heavy atom. The molecule has 0 saturated heterocycles. The lowest BCUT2D eigenvalue weighted by Crippen LogP contribution is -2.29. The van der Waals surface area contributed by atoms with Crippen molar-refractivity contribution in [1.82, 2.24) is 0 Å². The van der Waals surface area contributed by atoms with Crippen LogP contribution in [0.4, 0.5) is 30.2 Å². The van der Waals surface area contributed by atoms with Gasteiger partial charge in [0.25, 0.3) is 0 Å². The SMILES string of the molecule is CC(c1ccc(Oc2ccc(N)cc2)cc1)(c1ccc(Oc2ccc(N)cc2)cc1)c1ccc(N)cc1C(F)(F)F. The second-order valence-corrected chi connectivity index (χ2v) is 9.82. The minimum Gasteiger partial charge on any atom is -0.457 e. The van der Waals surface area contributed by atoms with E-state index in [0.717, 1.165) is 6.07 Å². The van der Waals surface area contributed by atoms with Crippen molar-refractivity contribution in [2.24, 2.45) is 0 Å². The van der Waals surface area contributed by atoms with Crippen LogP contribution in [0.15, 0.2) is 115 Å². The van der Waals surface area contributed by atoms with E-state index in [1.807, 2.05) is 0 Å². The van der Waals surface area contributed by atoms with E-state index in [0.29, 0.717) is 45.5 Å². The molecule has 0 unspecified atom stereocenters. The molecule has 0 aromatic heterocycles. The summed E-state index contributed by atoms with van der Waals surface area (Å²) in [6.07, 6.45) is -4.62. The lowest BCUT2D eigenvalue weighted by Gasteiger charge is -2.34. The number of hydrogen-bond acceptors (Lipinski definition) is 5. The van der Waals surface area contributed by atoms with Gasteiger partial charge in [0.15, 0.2) is 0 Å². The van der Waals surface area contributed by atoms with Gasteiger partial charge in [0, 0.05) is 22.5 Å². The topological polar surface area (TPSA) is 96.5 Å². The van der Waals surface area contributed by atoms with E-state index in [4.69, 9.17) is 26.7 Å². The largest absolute Gasteiger partial charge is 0.457 e. The molecule has 0 bridgehead atoms. The summed E-state index contributed by atoms with van der Waals surface area (Å²) in [6, 6.07) is 31.7. The maximum atomic E-state index is 14.3. The minimum atomic E-state index is -4.62. The summed E-state index contributed by atoms with van der Waals surface area (Å²) >= 11 is 0. The Balaban J connectivity index is 1.56. The normalized spacial score (nSPS) is 11.7. The highest BCUT2D eigenvalue weighted by Crippen LogP contribution is 2.46. The smallest absolute Gasteiger partial charge is 0.416 e. The molecule has 5 aromatic rings. The molecule has 208 valence electrons. The molecule has 5 nitrogen and oxygen atoms in total. The molecular weight excluding hydrogens is 527 g/mol. The molecule has 0 heterocycles. The molecule has 0 saturated carbocycles. The van der Waals surface area contributed by atoms with E-state index in [1.54, 1.807) is 104 Å². The van der Waals surface area contributed by atoms with Crippen molar-refractivity contribution in [2.75, 3.05) is 17.2 Å².